The van der Waals surface area contributed by atoms with E-state index in [0.717, 1.165) is 0 Å². The van der Waals surface area contributed by atoms with Crippen LogP contribution in [0.3, 0.4) is 0 Å². The van der Waals surface area contributed by atoms with E-state index in [1.54, 1.807) is 12.1 Å². The van der Waals surface area contributed by atoms with E-state index < -0.39 is 11.8 Å². The molecule has 0 saturated heterocycles. The zero-order chi connectivity index (χ0) is 17.2. The maximum Gasteiger partial charge on any atom is 0.329 e. The maximum absolute atomic E-state index is 11.4. The average molecular weight is 340 g/mol. The first-order valence-electron chi connectivity index (χ1n) is 6.75. The fourth-order valence-electron chi connectivity index (χ4n) is 1.58. The van der Waals surface area contributed by atoms with Crippen LogP contribution >= 0.6 is 11.6 Å². The van der Waals surface area contributed by atoms with Crippen LogP contribution in [0.25, 0.3) is 0 Å². The van der Waals surface area contributed by atoms with E-state index in [9.17, 15) is 9.59 Å². The number of benzene rings is 1. The van der Waals surface area contributed by atoms with Gasteiger partial charge in [0.15, 0.2) is 11.5 Å². The number of hydrogen-bond acceptors (Lipinski definition) is 5. The second kappa shape index (κ2) is 9.47. The quantitative estimate of drug-likeness (QED) is 0.341. The number of hydrogen-bond donors (Lipinski definition) is 2. The van der Waals surface area contributed by atoms with Crippen molar-refractivity contribution in [1.82, 2.24) is 10.7 Å². The number of halogens is 1. The van der Waals surface area contributed by atoms with Crippen LogP contribution in [0.1, 0.15) is 12.5 Å². The van der Waals surface area contributed by atoms with Gasteiger partial charge in [-0.2, -0.15) is 5.10 Å². The lowest BCUT2D eigenvalue weighted by Gasteiger charge is -2.11. The van der Waals surface area contributed by atoms with Crippen LogP contribution in [0, 0.1) is 0 Å². The summed E-state index contributed by atoms with van der Waals surface area (Å²) in [5, 5.41) is 6.38. The number of carbonyl (C=O) groups is 2. The van der Waals surface area contributed by atoms with Crippen molar-refractivity contribution >= 4 is 29.6 Å². The van der Waals surface area contributed by atoms with Gasteiger partial charge in [-0.25, -0.2) is 5.43 Å². The van der Waals surface area contributed by atoms with Gasteiger partial charge in [0.1, 0.15) is 0 Å². The van der Waals surface area contributed by atoms with Crippen LogP contribution in [0.15, 0.2) is 29.9 Å². The van der Waals surface area contributed by atoms with Crippen LogP contribution in [0.2, 0.25) is 5.02 Å². The Kier molecular flexibility index (Phi) is 7.62. The average Bonchev–Trinajstić information content (AvgIpc) is 2.52. The number of rotatable bonds is 7. The molecule has 0 unspecified atom stereocenters. The Bertz CT molecular complexity index is 617. The number of nitrogens with one attached hydrogen (secondary N) is 2. The van der Waals surface area contributed by atoms with Gasteiger partial charge in [0.2, 0.25) is 0 Å². The molecule has 2 N–H and O–H groups in total. The molecule has 0 bridgehead atoms. The topological polar surface area (TPSA) is 89.0 Å². The summed E-state index contributed by atoms with van der Waals surface area (Å²) in [6, 6.07) is 3.25. The number of methoxy groups -OCH3 is 1. The predicted octanol–water partition coefficient (Wildman–Crippen LogP) is 1.50. The minimum Gasteiger partial charge on any atom is -0.491 e. The number of nitrogens with zero attached hydrogens (tertiary/aromatic N) is 1. The summed E-state index contributed by atoms with van der Waals surface area (Å²) >= 11 is 6.09. The fourth-order valence-corrected chi connectivity index (χ4v) is 1.88. The second-order valence-electron chi connectivity index (χ2n) is 4.16. The molecule has 0 saturated carbocycles. The van der Waals surface area contributed by atoms with Gasteiger partial charge in [-0.3, -0.25) is 9.59 Å². The molecule has 0 heterocycles. The van der Waals surface area contributed by atoms with E-state index in [1.165, 1.54) is 19.4 Å². The monoisotopic (exact) mass is 339 g/mol. The molecule has 0 aliphatic heterocycles. The Labute approximate surface area is 139 Å². The highest BCUT2D eigenvalue weighted by Crippen LogP contribution is 2.35. The van der Waals surface area contributed by atoms with Crippen LogP contribution < -0.4 is 20.2 Å². The third-order valence-electron chi connectivity index (χ3n) is 2.53. The second-order valence-corrected chi connectivity index (χ2v) is 4.57. The molecule has 0 radical (unpaired) electrons. The molecule has 8 heteroatoms. The molecule has 0 fully saturated rings. The van der Waals surface area contributed by atoms with Gasteiger partial charge in [0, 0.05) is 6.54 Å². The van der Waals surface area contributed by atoms with E-state index in [1.807, 2.05) is 6.92 Å². The highest BCUT2D eigenvalue weighted by Gasteiger charge is 2.12. The SMILES string of the molecule is C=CCNC(=O)C(=O)N/N=C\c1cc(Cl)c(OC)c(OCC)c1. The molecule has 1 aromatic rings. The molecule has 2 amide bonds. The molecular weight excluding hydrogens is 322 g/mol. The number of hydrazone groups is 1. The Morgan fingerprint density at radius 1 is 1.39 bits per heavy atom. The molecule has 23 heavy (non-hydrogen) atoms. The van der Waals surface area contributed by atoms with Crippen molar-refractivity contribution in [2.75, 3.05) is 20.3 Å². The summed E-state index contributed by atoms with van der Waals surface area (Å²) < 4.78 is 10.6. The Morgan fingerprint density at radius 3 is 2.74 bits per heavy atom. The smallest absolute Gasteiger partial charge is 0.329 e. The van der Waals surface area contributed by atoms with Gasteiger partial charge in [-0.05, 0) is 24.6 Å². The summed E-state index contributed by atoms with van der Waals surface area (Å²) in [5.41, 5.74) is 2.68. The number of carbonyl (C=O) groups excluding carboxylic acids is 2. The van der Waals surface area contributed by atoms with Crippen molar-refractivity contribution in [3.8, 4) is 11.5 Å². The molecule has 0 spiro atoms. The molecule has 0 aliphatic rings. The first-order chi connectivity index (χ1) is 11.0. The summed E-state index contributed by atoms with van der Waals surface area (Å²) in [7, 11) is 1.49. The van der Waals surface area contributed by atoms with Crippen molar-refractivity contribution in [3.63, 3.8) is 0 Å². The first kappa shape index (κ1) is 18.5. The van der Waals surface area contributed by atoms with Gasteiger partial charge < -0.3 is 14.8 Å². The summed E-state index contributed by atoms with van der Waals surface area (Å²) in [4.78, 5) is 22.8. The highest BCUT2D eigenvalue weighted by atomic mass is 35.5. The van der Waals surface area contributed by atoms with Crippen LogP contribution in [-0.4, -0.2) is 38.3 Å². The van der Waals surface area contributed by atoms with Crippen LogP contribution in [-0.2, 0) is 9.59 Å². The van der Waals surface area contributed by atoms with E-state index in [2.05, 4.69) is 22.4 Å². The van der Waals surface area contributed by atoms with Crippen molar-refractivity contribution in [2.45, 2.75) is 6.92 Å². The van der Waals surface area contributed by atoms with Crippen LogP contribution in [0.5, 0.6) is 11.5 Å². The van der Waals surface area contributed by atoms with Gasteiger partial charge in [-0.1, -0.05) is 17.7 Å². The molecule has 0 atom stereocenters. The zero-order valence-corrected chi connectivity index (χ0v) is 13.6. The lowest BCUT2D eigenvalue weighted by molar-refractivity contribution is -0.139. The maximum atomic E-state index is 11.4. The summed E-state index contributed by atoms with van der Waals surface area (Å²) in [5.74, 6) is -0.810. The van der Waals surface area contributed by atoms with Crippen molar-refractivity contribution < 1.29 is 19.1 Å². The van der Waals surface area contributed by atoms with E-state index in [-0.39, 0.29) is 6.54 Å². The van der Waals surface area contributed by atoms with E-state index in [4.69, 9.17) is 21.1 Å². The lowest BCUT2D eigenvalue weighted by atomic mass is 10.2. The van der Waals surface area contributed by atoms with Gasteiger partial charge in [0.05, 0.1) is 25.0 Å². The number of amides is 2. The molecular formula is C15H18ClN3O4. The zero-order valence-electron chi connectivity index (χ0n) is 12.9. The Morgan fingerprint density at radius 2 is 2.13 bits per heavy atom. The highest BCUT2D eigenvalue weighted by molar-refractivity contribution is 6.35. The normalized spacial score (nSPS) is 10.2. The van der Waals surface area contributed by atoms with E-state index in [0.29, 0.717) is 28.7 Å². The molecule has 0 aliphatic carbocycles. The Hall–Kier alpha value is -2.54. The third-order valence-corrected chi connectivity index (χ3v) is 2.81. The standard InChI is InChI=1S/C15H18ClN3O4/c1-4-6-17-14(20)15(21)19-18-9-10-7-11(16)13(22-3)12(8-10)23-5-2/h4,7-9H,1,5-6H2,2-3H3,(H,17,20)(H,19,21)/b18-9-. The van der Waals surface area contributed by atoms with Gasteiger partial charge in [0.25, 0.3) is 0 Å². The fraction of sp³-hybridized carbons (Fsp3) is 0.267. The van der Waals surface area contributed by atoms with Crippen LogP contribution in [0.4, 0.5) is 0 Å². The Balaban J connectivity index is 2.78. The van der Waals surface area contributed by atoms with Gasteiger partial charge in [-0.15, -0.1) is 6.58 Å². The first-order valence-corrected chi connectivity index (χ1v) is 7.13. The molecule has 7 nitrogen and oxygen atoms in total. The minimum absolute atomic E-state index is 0.196. The lowest BCUT2D eigenvalue weighted by Crippen LogP contribution is -2.37. The largest absolute Gasteiger partial charge is 0.491 e. The predicted molar refractivity (Wildman–Crippen MR) is 88.1 cm³/mol. The van der Waals surface area contributed by atoms with Crippen molar-refractivity contribution in [1.29, 1.82) is 0 Å². The third kappa shape index (κ3) is 5.63. The molecule has 1 rings (SSSR count). The van der Waals surface area contributed by atoms with Gasteiger partial charge >= 0.3 is 11.8 Å². The van der Waals surface area contributed by atoms with Crippen molar-refractivity contribution in [2.24, 2.45) is 5.10 Å². The molecule has 1 aromatic carbocycles. The summed E-state index contributed by atoms with van der Waals surface area (Å²) in [6.45, 7) is 5.89. The molecule has 0 aromatic heterocycles. The molecule has 124 valence electrons. The van der Waals surface area contributed by atoms with E-state index >= 15 is 0 Å². The number of ether oxygens (including phenoxy) is 2. The minimum atomic E-state index is -0.882. The summed E-state index contributed by atoms with van der Waals surface area (Å²) in [6.07, 6.45) is 2.80. The van der Waals surface area contributed by atoms with Crippen molar-refractivity contribution in [3.05, 3.63) is 35.4 Å².